The lowest BCUT2D eigenvalue weighted by Crippen LogP contribution is -2.43. The zero-order valence-electron chi connectivity index (χ0n) is 20.6. The molecule has 8 heteroatoms. The monoisotopic (exact) mass is 473 g/mol. The van der Waals surface area contributed by atoms with Gasteiger partial charge in [-0.1, -0.05) is 76.2 Å². The maximum absolute atomic E-state index is 13.4. The first-order valence-electron chi connectivity index (χ1n) is 11.9. The molecule has 8 nitrogen and oxygen atoms in total. The van der Waals surface area contributed by atoms with Gasteiger partial charge < -0.3 is 9.88 Å². The van der Waals surface area contributed by atoms with Gasteiger partial charge in [-0.3, -0.25) is 14.2 Å². The number of hydrogen-bond acceptors (Lipinski definition) is 4. The van der Waals surface area contributed by atoms with Crippen molar-refractivity contribution >= 4 is 22.8 Å². The maximum Gasteiger partial charge on any atom is 0.333 e. The topological polar surface area (TPSA) is 90.9 Å². The van der Waals surface area contributed by atoms with Crippen molar-refractivity contribution in [2.45, 2.75) is 47.3 Å². The molecule has 0 unspecified atom stereocenters. The van der Waals surface area contributed by atoms with Crippen LogP contribution in [0.2, 0.25) is 0 Å². The van der Waals surface area contributed by atoms with E-state index < -0.39 is 17.2 Å². The van der Waals surface area contributed by atoms with Crippen LogP contribution in [0.15, 0.2) is 70.5 Å². The van der Waals surface area contributed by atoms with Crippen molar-refractivity contribution in [1.82, 2.24) is 18.7 Å². The van der Waals surface area contributed by atoms with Crippen molar-refractivity contribution in [3.05, 3.63) is 81.8 Å². The summed E-state index contributed by atoms with van der Waals surface area (Å²) in [4.78, 5) is 44.3. The van der Waals surface area contributed by atoms with Gasteiger partial charge in [-0.2, -0.15) is 0 Å². The predicted molar refractivity (Wildman–Crippen MR) is 138 cm³/mol. The Hall–Kier alpha value is -3.94. The maximum atomic E-state index is 13.4. The minimum absolute atomic E-state index is 0.156. The highest BCUT2D eigenvalue weighted by Gasteiger charge is 2.21. The summed E-state index contributed by atoms with van der Waals surface area (Å²) in [6.45, 7) is 8.67. The second-order valence-corrected chi connectivity index (χ2v) is 9.60. The third-order valence-corrected chi connectivity index (χ3v) is 5.68. The van der Waals surface area contributed by atoms with E-state index in [4.69, 9.17) is 0 Å². The summed E-state index contributed by atoms with van der Waals surface area (Å²) in [6, 6.07) is 17.2. The van der Waals surface area contributed by atoms with Gasteiger partial charge in [0.2, 0.25) is 5.91 Å². The lowest BCUT2D eigenvalue weighted by molar-refractivity contribution is -0.116. The van der Waals surface area contributed by atoms with Crippen molar-refractivity contribution in [2.24, 2.45) is 11.8 Å². The number of nitrogens with one attached hydrogen (secondary N) is 1. The van der Waals surface area contributed by atoms with Crippen LogP contribution >= 0.6 is 0 Å². The lowest BCUT2D eigenvalue weighted by atomic mass is 10.0. The van der Waals surface area contributed by atoms with Crippen LogP contribution < -0.4 is 16.6 Å². The average molecular weight is 474 g/mol. The summed E-state index contributed by atoms with van der Waals surface area (Å²) in [5, 5.41) is 2.89. The number of aromatic nitrogens is 4. The van der Waals surface area contributed by atoms with E-state index in [1.165, 1.54) is 4.57 Å². The van der Waals surface area contributed by atoms with Gasteiger partial charge in [0.25, 0.3) is 5.56 Å². The van der Waals surface area contributed by atoms with Crippen molar-refractivity contribution in [3.63, 3.8) is 0 Å². The Morgan fingerprint density at radius 1 is 0.886 bits per heavy atom. The molecule has 2 heterocycles. The van der Waals surface area contributed by atoms with Crippen LogP contribution in [0.4, 0.5) is 5.69 Å². The molecular formula is C27H31N5O3. The molecule has 0 fully saturated rings. The predicted octanol–water partition coefficient (Wildman–Crippen LogP) is 3.98. The van der Waals surface area contributed by atoms with E-state index in [9.17, 15) is 14.4 Å². The summed E-state index contributed by atoms with van der Waals surface area (Å²) in [7, 11) is 0. The molecule has 182 valence electrons. The van der Waals surface area contributed by atoms with E-state index in [2.05, 4.69) is 10.3 Å². The fourth-order valence-corrected chi connectivity index (χ4v) is 4.23. The lowest BCUT2D eigenvalue weighted by Gasteiger charge is -2.15. The van der Waals surface area contributed by atoms with Crippen molar-refractivity contribution in [3.8, 4) is 11.1 Å². The molecule has 0 aliphatic carbocycles. The summed E-state index contributed by atoms with van der Waals surface area (Å²) in [5.74, 6) is -0.00913. The standard InChI is InChI=1S/C27H31N5O3/c1-18(2)14-30-17-28-25-24(30)26(34)32(27(35)31(25)15-19(3)4)16-23(33)29-22-13-9-8-12-21(22)20-10-6-5-7-11-20/h5-13,17-19H,14-16H2,1-4H3,(H,29,33). The average Bonchev–Trinajstić information content (AvgIpc) is 3.23. The third kappa shape index (κ3) is 5.11. The normalized spacial score (nSPS) is 11.5. The molecule has 0 spiro atoms. The molecule has 4 aromatic rings. The molecule has 2 aromatic heterocycles. The van der Waals surface area contributed by atoms with Crippen LogP contribution in [0.1, 0.15) is 27.7 Å². The number of carbonyl (C=O) groups is 1. The van der Waals surface area contributed by atoms with Crippen LogP contribution in [-0.4, -0.2) is 24.6 Å². The summed E-state index contributed by atoms with van der Waals surface area (Å²) >= 11 is 0. The SMILES string of the molecule is CC(C)Cn1cnc2c1c(=O)n(CC(=O)Nc1ccccc1-c1ccccc1)c(=O)n2CC(C)C. The molecule has 35 heavy (non-hydrogen) atoms. The molecule has 0 saturated carbocycles. The van der Waals surface area contributed by atoms with E-state index in [1.54, 1.807) is 17.0 Å². The smallest absolute Gasteiger partial charge is 0.324 e. The Balaban J connectivity index is 1.74. The number of nitrogens with zero attached hydrogens (tertiary/aromatic N) is 4. The van der Waals surface area contributed by atoms with Crippen LogP contribution in [0.3, 0.4) is 0 Å². The molecule has 0 saturated heterocycles. The zero-order valence-corrected chi connectivity index (χ0v) is 20.6. The highest BCUT2D eigenvalue weighted by Crippen LogP contribution is 2.27. The van der Waals surface area contributed by atoms with Crippen LogP contribution in [0.5, 0.6) is 0 Å². The van der Waals surface area contributed by atoms with Crippen LogP contribution in [0.25, 0.3) is 22.3 Å². The van der Waals surface area contributed by atoms with E-state index in [0.717, 1.165) is 15.7 Å². The molecule has 2 aromatic carbocycles. The minimum Gasteiger partial charge on any atom is -0.324 e. The van der Waals surface area contributed by atoms with Gasteiger partial charge in [0, 0.05) is 24.3 Å². The van der Waals surface area contributed by atoms with Gasteiger partial charge in [0.05, 0.1) is 6.33 Å². The summed E-state index contributed by atoms with van der Waals surface area (Å²) < 4.78 is 4.30. The number of anilines is 1. The second-order valence-electron chi connectivity index (χ2n) is 9.60. The highest BCUT2D eigenvalue weighted by molar-refractivity contribution is 5.95. The van der Waals surface area contributed by atoms with E-state index >= 15 is 0 Å². The molecule has 0 radical (unpaired) electrons. The Morgan fingerprint density at radius 3 is 2.23 bits per heavy atom. The minimum atomic E-state index is -0.530. The molecule has 0 atom stereocenters. The van der Waals surface area contributed by atoms with Crippen molar-refractivity contribution < 1.29 is 4.79 Å². The first-order chi connectivity index (χ1) is 16.8. The van der Waals surface area contributed by atoms with E-state index in [0.29, 0.717) is 29.9 Å². The van der Waals surface area contributed by atoms with Crippen LogP contribution in [-0.2, 0) is 24.4 Å². The number of imidazole rings is 1. The first kappa shape index (κ1) is 24.2. The number of hydrogen-bond donors (Lipinski definition) is 1. The summed E-state index contributed by atoms with van der Waals surface area (Å²) in [5.41, 5.74) is 2.10. The van der Waals surface area contributed by atoms with Gasteiger partial charge >= 0.3 is 5.69 Å². The number of amides is 1. The second kappa shape index (κ2) is 10.1. The number of fused-ring (bicyclic) bond motifs is 1. The van der Waals surface area contributed by atoms with Gasteiger partial charge in [-0.15, -0.1) is 0 Å². The fourth-order valence-electron chi connectivity index (χ4n) is 4.23. The number of carbonyl (C=O) groups excluding carboxylic acids is 1. The number of para-hydroxylation sites is 1. The van der Waals surface area contributed by atoms with Crippen molar-refractivity contribution in [1.29, 1.82) is 0 Å². The molecule has 1 amide bonds. The fraction of sp³-hybridized carbons (Fsp3) is 0.333. The zero-order chi connectivity index (χ0) is 25.1. The van der Waals surface area contributed by atoms with Crippen LogP contribution in [0, 0.1) is 11.8 Å². The highest BCUT2D eigenvalue weighted by atomic mass is 16.2. The largest absolute Gasteiger partial charge is 0.333 e. The quantitative estimate of drug-likeness (QED) is 0.419. The van der Waals surface area contributed by atoms with Gasteiger partial charge in [-0.05, 0) is 23.5 Å². The Morgan fingerprint density at radius 2 is 1.54 bits per heavy atom. The number of rotatable bonds is 8. The first-order valence-corrected chi connectivity index (χ1v) is 11.9. The molecule has 0 bridgehead atoms. The summed E-state index contributed by atoms with van der Waals surface area (Å²) in [6.07, 6.45) is 1.60. The molecule has 1 N–H and O–H groups in total. The van der Waals surface area contributed by atoms with Gasteiger partial charge in [-0.25, -0.2) is 14.3 Å². The van der Waals surface area contributed by atoms with Crippen molar-refractivity contribution in [2.75, 3.05) is 5.32 Å². The van der Waals surface area contributed by atoms with E-state index in [1.807, 2.05) is 76.2 Å². The van der Waals surface area contributed by atoms with Gasteiger partial charge in [0.15, 0.2) is 11.2 Å². The number of benzene rings is 2. The third-order valence-electron chi connectivity index (χ3n) is 5.68. The molecular weight excluding hydrogens is 442 g/mol. The molecule has 4 rings (SSSR count). The van der Waals surface area contributed by atoms with Gasteiger partial charge in [0.1, 0.15) is 6.54 Å². The van der Waals surface area contributed by atoms with E-state index in [-0.39, 0.29) is 18.4 Å². The molecule has 0 aliphatic heterocycles. The Labute approximate surface area is 203 Å². The Bertz CT molecular complexity index is 1460. The Kier molecular flexibility index (Phi) is 7.00. The molecule has 0 aliphatic rings.